The van der Waals surface area contributed by atoms with E-state index in [9.17, 15) is 5.11 Å². The van der Waals surface area contributed by atoms with Crippen molar-refractivity contribution in [1.29, 1.82) is 0 Å². The fraction of sp³-hybridized carbons (Fsp3) is 1.00. The summed E-state index contributed by atoms with van der Waals surface area (Å²) in [6.07, 6.45) is 7.90. The lowest BCUT2D eigenvalue weighted by Crippen LogP contribution is -2.55. The lowest BCUT2D eigenvalue weighted by atomic mass is 9.78. The van der Waals surface area contributed by atoms with Gasteiger partial charge < -0.3 is 10.4 Å². The number of hydrogen-bond acceptors (Lipinski definition) is 3. The molecule has 0 bridgehead atoms. The number of likely N-dealkylation sites (tertiary alicyclic amines) is 1. The van der Waals surface area contributed by atoms with Crippen LogP contribution in [0, 0.1) is 17.8 Å². The Balaban J connectivity index is 1.50. The zero-order chi connectivity index (χ0) is 13.2. The van der Waals surface area contributed by atoms with Gasteiger partial charge in [0.15, 0.2) is 0 Å². The molecule has 2 saturated carbocycles. The Hall–Kier alpha value is -0.120. The van der Waals surface area contributed by atoms with E-state index in [1.807, 2.05) is 0 Å². The van der Waals surface area contributed by atoms with Crippen molar-refractivity contribution >= 4 is 0 Å². The van der Waals surface area contributed by atoms with E-state index in [1.165, 1.54) is 51.7 Å². The minimum atomic E-state index is 0.356. The summed E-state index contributed by atoms with van der Waals surface area (Å²) in [7, 11) is 0. The maximum atomic E-state index is 9.23. The van der Waals surface area contributed by atoms with Gasteiger partial charge >= 0.3 is 0 Å². The second-order valence-electron chi connectivity index (χ2n) is 7.35. The van der Waals surface area contributed by atoms with E-state index in [-0.39, 0.29) is 0 Å². The summed E-state index contributed by atoms with van der Waals surface area (Å²) >= 11 is 0. The van der Waals surface area contributed by atoms with Gasteiger partial charge in [0.1, 0.15) is 0 Å². The molecule has 19 heavy (non-hydrogen) atoms. The molecular weight excluding hydrogens is 236 g/mol. The number of piperidine rings is 1. The smallest absolute Gasteiger partial charge is 0.0434 e. The quantitative estimate of drug-likeness (QED) is 0.770. The number of aliphatic hydroxyl groups excluding tert-OH is 1. The monoisotopic (exact) mass is 266 g/mol. The molecule has 2 unspecified atom stereocenters. The van der Waals surface area contributed by atoms with Crippen LogP contribution in [0.5, 0.6) is 0 Å². The molecule has 0 radical (unpaired) electrons. The number of nitrogens with zero attached hydrogens (tertiary/aromatic N) is 1. The lowest BCUT2D eigenvalue weighted by molar-refractivity contribution is 0.0281. The van der Waals surface area contributed by atoms with Crippen molar-refractivity contribution in [2.45, 2.75) is 57.5 Å². The normalized spacial score (nSPS) is 40.1. The number of nitrogens with one attached hydrogen (secondary N) is 1. The molecule has 2 N–H and O–H groups in total. The van der Waals surface area contributed by atoms with E-state index in [1.54, 1.807) is 0 Å². The van der Waals surface area contributed by atoms with Crippen molar-refractivity contribution < 1.29 is 5.11 Å². The van der Waals surface area contributed by atoms with Crippen LogP contribution in [0.2, 0.25) is 0 Å². The second-order valence-corrected chi connectivity index (χ2v) is 7.35. The molecule has 1 saturated heterocycles. The Kier molecular flexibility index (Phi) is 4.45. The molecule has 3 aliphatic rings. The van der Waals surface area contributed by atoms with Crippen LogP contribution >= 0.6 is 0 Å². The zero-order valence-electron chi connectivity index (χ0n) is 12.4. The maximum absolute atomic E-state index is 9.23. The van der Waals surface area contributed by atoms with Crippen LogP contribution in [0.4, 0.5) is 0 Å². The first-order valence-corrected chi connectivity index (χ1v) is 8.33. The Morgan fingerprint density at radius 2 is 1.89 bits per heavy atom. The lowest BCUT2D eigenvalue weighted by Gasteiger charge is -2.47. The van der Waals surface area contributed by atoms with Crippen molar-refractivity contribution in [3.05, 3.63) is 0 Å². The van der Waals surface area contributed by atoms with Gasteiger partial charge in [-0.2, -0.15) is 0 Å². The number of hydrogen-bond donors (Lipinski definition) is 2. The molecule has 1 aliphatic heterocycles. The van der Waals surface area contributed by atoms with Crippen molar-refractivity contribution in [2.24, 2.45) is 17.8 Å². The molecule has 0 aromatic carbocycles. The first-order chi connectivity index (χ1) is 9.24. The Morgan fingerprint density at radius 3 is 2.53 bits per heavy atom. The van der Waals surface area contributed by atoms with Crippen LogP contribution in [0.15, 0.2) is 0 Å². The molecule has 3 fully saturated rings. The summed E-state index contributed by atoms with van der Waals surface area (Å²) < 4.78 is 0. The topological polar surface area (TPSA) is 35.5 Å². The molecule has 110 valence electrons. The van der Waals surface area contributed by atoms with Gasteiger partial charge in [0, 0.05) is 31.8 Å². The second kappa shape index (κ2) is 6.11. The molecule has 3 nitrogen and oxygen atoms in total. The van der Waals surface area contributed by atoms with Crippen LogP contribution in [-0.4, -0.2) is 48.3 Å². The maximum Gasteiger partial charge on any atom is 0.0434 e. The van der Waals surface area contributed by atoms with E-state index in [0.717, 1.165) is 24.3 Å². The van der Waals surface area contributed by atoms with E-state index in [0.29, 0.717) is 18.6 Å². The van der Waals surface area contributed by atoms with Gasteiger partial charge in [-0.15, -0.1) is 0 Å². The van der Waals surface area contributed by atoms with E-state index < -0.39 is 0 Å². The Labute approximate surface area is 117 Å². The predicted molar refractivity (Wildman–Crippen MR) is 78.1 cm³/mol. The summed E-state index contributed by atoms with van der Waals surface area (Å²) in [6, 6.07) is 1.50. The van der Waals surface area contributed by atoms with Crippen molar-refractivity contribution in [3.63, 3.8) is 0 Å². The van der Waals surface area contributed by atoms with E-state index in [4.69, 9.17) is 0 Å². The van der Waals surface area contributed by atoms with E-state index in [2.05, 4.69) is 17.1 Å². The average Bonchev–Trinajstić information content (AvgIpc) is 3.17. The van der Waals surface area contributed by atoms with Gasteiger partial charge in [0.05, 0.1) is 0 Å². The van der Waals surface area contributed by atoms with Crippen LogP contribution in [-0.2, 0) is 0 Å². The fourth-order valence-corrected chi connectivity index (χ4v) is 3.89. The van der Waals surface area contributed by atoms with E-state index >= 15 is 0 Å². The molecule has 0 aromatic rings. The van der Waals surface area contributed by atoms with Crippen LogP contribution in [0.25, 0.3) is 0 Å². The molecule has 2 atom stereocenters. The van der Waals surface area contributed by atoms with Crippen molar-refractivity contribution in [1.82, 2.24) is 10.2 Å². The summed E-state index contributed by atoms with van der Waals surface area (Å²) in [4.78, 5) is 2.72. The Bertz CT molecular complexity index is 286. The third-order valence-electron chi connectivity index (χ3n) is 5.36. The first-order valence-electron chi connectivity index (χ1n) is 8.33. The minimum absolute atomic E-state index is 0.356. The molecule has 0 aromatic heterocycles. The zero-order valence-corrected chi connectivity index (χ0v) is 12.4. The highest BCUT2D eigenvalue weighted by molar-refractivity contribution is 4.92. The van der Waals surface area contributed by atoms with Gasteiger partial charge in [0.25, 0.3) is 0 Å². The van der Waals surface area contributed by atoms with Gasteiger partial charge in [-0.1, -0.05) is 6.92 Å². The molecule has 1 heterocycles. The highest BCUT2D eigenvalue weighted by atomic mass is 16.3. The SMILES string of the molecule is CC1CC(N2CC(CCO)CC(NCC3CC3)C2)C1. The van der Waals surface area contributed by atoms with Crippen LogP contribution < -0.4 is 5.32 Å². The van der Waals surface area contributed by atoms with Gasteiger partial charge in [0.2, 0.25) is 0 Å². The first kappa shape index (κ1) is 13.8. The molecular formula is C16H30N2O. The number of rotatable bonds is 6. The third-order valence-corrected chi connectivity index (χ3v) is 5.36. The molecule has 2 aliphatic carbocycles. The highest BCUT2D eigenvalue weighted by Crippen LogP contribution is 2.34. The van der Waals surface area contributed by atoms with Crippen molar-refractivity contribution in [3.8, 4) is 0 Å². The van der Waals surface area contributed by atoms with Crippen LogP contribution in [0.3, 0.4) is 0 Å². The largest absolute Gasteiger partial charge is 0.396 e. The molecule has 3 rings (SSSR count). The van der Waals surface area contributed by atoms with Gasteiger partial charge in [-0.25, -0.2) is 0 Å². The van der Waals surface area contributed by atoms with Gasteiger partial charge in [-0.3, -0.25) is 4.90 Å². The minimum Gasteiger partial charge on any atom is -0.396 e. The third kappa shape index (κ3) is 3.71. The summed E-state index contributed by atoms with van der Waals surface area (Å²) in [5.74, 6) is 2.60. The predicted octanol–water partition coefficient (Wildman–Crippen LogP) is 1.86. The molecule has 0 spiro atoms. The summed E-state index contributed by atoms with van der Waals surface area (Å²) in [5.41, 5.74) is 0. The van der Waals surface area contributed by atoms with Crippen molar-refractivity contribution in [2.75, 3.05) is 26.2 Å². The number of aliphatic hydroxyl groups is 1. The Morgan fingerprint density at radius 1 is 1.11 bits per heavy atom. The summed E-state index contributed by atoms with van der Waals surface area (Å²) in [6.45, 7) is 6.42. The van der Waals surface area contributed by atoms with Gasteiger partial charge in [-0.05, 0) is 62.8 Å². The average molecular weight is 266 g/mol. The highest BCUT2D eigenvalue weighted by Gasteiger charge is 2.36. The molecule has 0 amide bonds. The fourth-order valence-electron chi connectivity index (χ4n) is 3.89. The standard InChI is InChI=1S/C16H30N2O/c1-12-6-16(7-12)18-10-14(4-5-19)8-15(11-18)17-9-13-2-3-13/h12-17,19H,2-11H2,1H3. The molecule has 3 heteroatoms. The summed E-state index contributed by atoms with van der Waals surface area (Å²) in [5, 5.41) is 13.0. The van der Waals surface area contributed by atoms with Crippen LogP contribution in [0.1, 0.15) is 45.4 Å².